The maximum atomic E-state index is 13.6. The van der Waals surface area contributed by atoms with Crippen molar-refractivity contribution in [2.45, 2.75) is 52.1 Å². The molecule has 0 aliphatic rings. The number of nitrogens with two attached hydrogens (primary N) is 1. The Bertz CT molecular complexity index is 1200. The van der Waals surface area contributed by atoms with E-state index in [0.29, 0.717) is 37.1 Å². The Labute approximate surface area is 195 Å². The smallest absolute Gasteiger partial charge is 0.445 e. The third-order valence-electron chi connectivity index (χ3n) is 4.45. The zero-order valence-electron chi connectivity index (χ0n) is 18.0. The maximum absolute atomic E-state index is 13.6. The number of benzene rings is 1. The van der Waals surface area contributed by atoms with Gasteiger partial charge in [0, 0.05) is 6.42 Å². The molecular formula is C20H22BrFN6O5. The number of carbonyl (C=O) groups is 1. The Morgan fingerprint density at radius 1 is 1.27 bits per heavy atom. The zero-order chi connectivity index (χ0) is 24.0. The van der Waals surface area contributed by atoms with E-state index >= 15 is 0 Å². The summed E-state index contributed by atoms with van der Waals surface area (Å²) in [4.78, 5) is 27.4. The standard InChI is InChI=1S/C20H22BrFN6O5/c1-11(2)31-19(29)24-16(23)7-5-3-4-6-15-17(26-33-25-15)18-27-32-20(30)28(18)12-8-9-14(22)13(21)10-12/h8-11H,3-7H2,1-2H3,(H2,23,24,29). The number of nitrogens with zero attached hydrogens (tertiary/aromatic N) is 5. The molecule has 3 rings (SSSR count). The van der Waals surface area contributed by atoms with Crippen LogP contribution in [-0.4, -0.2) is 38.1 Å². The van der Waals surface area contributed by atoms with Crippen molar-refractivity contribution >= 4 is 27.9 Å². The van der Waals surface area contributed by atoms with Crippen LogP contribution in [0.25, 0.3) is 17.2 Å². The fourth-order valence-corrected chi connectivity index (χ4v) is 3.33. The maximum Gasteiger partial charge on any atom is 0.446 e. The molecule has 176 valence electrons. The van der Waals surface area contributed by atoms with E-state index in [0.717, 1.165) is 11.0 Å². The molecule has 0 aliphatic carbocycles. The summed E-state index contributed by atoms with van der Waals surface area (Å²) in [6.45, 7) is 3.46. The van der Waals surface area contributed by atoms with Gasteiger partial charge in [0.15, 0.2) is 5.69 Å². The van der Waals surface area contributed by atoms with Crippen LogP contribution in [0.5, 0.6) is 0 Å². The SMILES string of the molecule is CC(C)OC(=O)N=C(N)CCCCCc1nonc1-c1noc(=O)n1-c1ccc(F)c(Br)c1. The van der Waals surface area contributed by atoms with Crippen LogP contribution in [0.4, 0.5) is 9.18 Å². The number of amides is 1. The summed E-state index contributed by atoms with van der Waals surface area (Å²) in [7, 11) is 0. The number of aliphatic imine (C=N–C) groups is 1. The molecule has 0 radical (unpaired) electrons. The van der Waals surface area contributed by atoms with Crippen LogP contribution in [0.15, 0.2) is 41.6 Å². The molecule has 0 saturated carbocycles. The molecule has 2 N–H and O–H groups in total. The van der Waals surface area contributed by atoms with Crippen LogP contribution in [0.2, 0.25) is 0 Å². The molecule has 1 aromatic carbocycles. The molecule has 2 aromatic heterocycles. The van der Waals surface area contributed by atoms with Crippen LogP contribution in [-0.2, 0) is 11.2 Å². The summed E-state index contributed by atoms with van der Waals surface area (Å²) in [6.07, 6.45) is 2.13. The summed E-state index contributed by atoms with van der Waals surface area (Å²) >= 11 is 3.10. The van der Waals surface area contributed by atoms with Gasteiger partial charge >= 0.3 is 11.8 Å². The molecule has 3 aromatic rings. The van der Waals surface area contributed by atoms with E-state index in [4.69, 9.17) is 19.6 Å². The Morgan fingerprint density at radius 3 is 2.79 bits per heavy atom. The first-order valence-corrected chi connectivity index (χ1v) is 10.9. The number of unbranched alkanes of at least 4 members (excludes halogenated alkanes) is 2. The van der Waals surface area contributed by atoms with Gasteiger partial charge < -0.3 is 10.5 Å². The monoisotopic (exact) mass is 524 g/mol. The molecule has 0 spiro atoms. The Hall–Kier alpha value is -3.35. The molecular weight excluding hydrogens is 503 g/mol. The number of aryl methyl sites for hydroxylation is 1. The second-order valence-corrected chi connectivity index (χ2v) is 8.22. The third-order valence-corrected chi connectivity index (χ3v) is 5.06. The van der Waals surface area contributed by atoms with E-state index in [2.05, 4.69) is 36.4 Å². The summed E-state index contributed by atoms with van der Waals surface area (Å²) in [5.41, 5.74) is 6.83. The van der Waals surface area contributed by atoms with Crippen LogP contribution in [0.1, 0.15) is 45.2 Å². The van der Waals surface area contributed by atoms with Gasteiger partial charge in [0.2, 0.25) is 5.82 Å². The van der Waals surface area contributed by atoms with Gasteiger partial charge in [0.05, 0.1) is 16.3 Å². The van der Waals surface area contributed by atoms with Crippen LogP contribution < -0.4 is 11.5 Å². The van der Waals surface area contributed by atoms with Gasteiger partial charge in [-0.25, -0.2) is 23.2 Å². The fourth-order valence-electron chi connectivity index (χ4n) is 2.97. The van der Waals surface area contributed by atoms with Crippen molar-refractivity contribution in [2.75, 3.05) is 0 Å². The van der Waals surface area contributed by atoms with Crippen molar-refractivity contribution < 1.29 is 23.1 Å². The minimum absolute atomic E-state index is 0.0924. The quantitative estimate of drug-likeness (QED) is 0.250. The second kappa shape index (κ2) is 11.0. The predicted molar refractivity (Wildman–Crippen MR) is 118 cm³/mol. The van der Waals surface area contributed by atoms with Gasteiger partial charge in [0.25, 0.3) is 0 Å². The summed E-state index contributed by atoms with van der Waals surface area (Å²) < 4.78 is 29.5. The van der Waals surface area contributed by atoms with Crippen molar-refractivity contribution in [1.82, 2.24) is 20.0 Å². The van der Waals surface area contributed by atoms with Crippen molar-refractivity contribution in [1.29, 1.82) is 0 Å². The molecule has 0 aliphatic heterocycles. The lowest BCUT2D eigenvalue weighted by Gasteiger charge is -2.05. The van der Waals surface area contributed by atoms with Gasteiger partial charge in [0.1, 0.15) is 17.3 Å². The third kappa shape index (κ3) is 6.34. The summed E-state index contributed by atoms with van der Waals surface area (Å²) in [5, 5.41) is 11.6. The normalized spacial score (nSPS) is 11.8. The highest BCUT2D eigenvalue weighted by molar-refractivity contribution is 9.10. The van der Waals surface area contributed by atoms with E-state index in [1.165, 1.54) is 18.2 Å². The number of aromatic nitrogens is 4. The lowest BCUT2D eigenvalue weighted by atomic mass is 10.1. The number of ether oxygens (including phenoxy) is 1. The number of hydrogen-bond donors (Lipinski definition) is 1. The van der Waals surface area contributed by atoms with Crippen molar-refractivity contribution in [2.24, 2.45) is 10.7 Å². The Morgan fingerprint density at radius 2 is 2.06 bits per heavy atom. The second-order valence-electron chi connectivity index (χ2n) is 7.36. The van der Waals surface area contributed by atoms with Gasteiger partial charge in [-0.1, -0.05) is 16.7 Å². The first-order chi connectivity index (χ1) is 15.8. The Balaban J connectivity index is 1.63. The molecule has 1 amide bonds. The molecule has 0 saturated heterocycles. The minimum atomic E-state index is -0.761. The minimum Gasteiger partial charge on any atom is -0.445 e. The highest BCUT2D eigenvalue weighted by Gasteiger charge is 2.22. The first-order valence-electron chi connectivity index (χ1n) is 10.2. The van der Waals surface area contributed by atoms with E-state index in [1.807, 2.05) is 0 Å². The average Bonchev–Trinajstić information content (AvgIpc) is 3.35. The number of hydrogen-bond acceptors (Lipinski definition) is 8. The summed E-state index contributed by atoms with van der Waals surface area (Å²) in [5.74, 6) is -0.935. The Kier molecular flexibility index (Phi) is 8.09. The van der Waals surface area contributed by atoms with E-state index in [1.54, 1.807) is 13.8 Å². The van der Waals surface area contributed by atoms with Gasteiger partial charge in [-0.3, -0.25) is 4.52 Å². The van der Waals surface area contributed by atoms with Crippen LogP contribution >= 0.6 is 15.9 Å². The number of rotatable bonds is 9. The van der Waals surface area contributed by atoms with Crippen LogP contribution in [0, 0.1) is 5.82 Å². The number of carbonyl (C=O) groups excluding carboxylic acids is 1. The van der Waals surface area contributed by atoms with Crippen molar-refractivity contribution in [3.05, 3.63) is 44.7 Å². The number of amidine groups is 1. The topological polar surface area (TPSA) is 152 Å². The molecule has 0 atom stereocenters. The lowest BCUT2D eigenvalue weighted by molar-refractivity contribution is 0.126. The highest BCUT2D eigenvalue weighted by Crippen LogP contribution is 2.24. The lowest BCUT2D eigenvalue weighted by Crippen LogP contribution is -2.16. The highest BCUT2D eigenvalue weighted by atomic mass is 79.9. The first kappa shape index (κ1) is 24.3. The molecule has 0 fully saturated rings. The van der Waals surface area contributed by atoms with Crippen molar-refractivity contribution in [3.8, 4) is 17.2 Å². The van der Waals surface area contributed by atoms with Crippen LogP contribution in [0.3, 0.4) is 0 Å². The average molecular weight is 525 g/mol. The van der Waals surface area contributed by atoms with Gasteiger partial charge in [-0.2, -0.15) is 4.99 Å². The summed E-state index contributed by atoms with van der Waals surface area (Å²) in [6, 6.07) is 4.05. The van der Waals surface area contributed by atoms with E-state index < -0.39 is 17.7 Å². The molecule has 2 heterocycles. The molecule has 33 heavy (non-hydrogen) atoms. The van der Waals surface area contributed by atoms with E-state index in [-0.39, 0.29) is 27.9 Å². The number of halogens is 2. The van der Waals surface area contributed by atoms with Gasteiger partial charge in [-0.05, 0) is 72.4 Å². The van der Waals surface area contributed by atoms with Crippen molar-refractivity contribution in [3.63, 3.8) is 0 Å². The van der Waals surface area contributed by atoms with Gasteiger partial charge in [-0.15, -0.1) is 0 Å². The molecule has 0 unspecified atom stereocenters. The molecule has 13 heteroatoms. The largest absolute Gasteiger partial charge is 0.446 e. The van der Waals surface area contributed by atoms with E-state index in [9.17, 15) is 14.0 Å². The molecule has 11 nitrogen and oxygen atoms in total. The fraction of sp³-hybridized carbons (Fsp3) is 0.400. The predicted octanol–water partition coefficient (Wildman–Crippen LogP) is 3.78. The zero-order valence-corrected chi connectivity index (χ0v) is 19.5. The molecule has 0 bridgehead atoms.